The van der Waals surface area contributed by atoms with Gasteiger partial charge in [0.1, 0.15) is 5.15 Å². The van der Waals surface area contributed by atoms with Crippen molar-refractivity contribution in [3.63, 3.8) is 0 Å². The van der Waals surface area contributed by atoms with Gasteiger partial charge in [0.25, 0.3) is 0 Å². The zero-order chi connectivity index (χ0) is 9.42. The van der Waals surface area contributed by atoms with E-state index in [1.54, 1.807) is 0 Å². The molecule has 2 heterocycles. The first-order valence-electron chi connectivity index (χ1n) is 3.40. The SMILES string of the molecule is O=C(O)c1cn2c(Cl)cnc2cn1. The average molecular weight is 198 g/mol. The lowest BCUT2D eigenvalue weighted by Crippen LogP contribution is -2.02. The van der Waals surface area contributed by atoms with Crippen LogP contribution in [0.1, 0.15) is 10.5 Å². The highest BCUT2D eigenvalue weighted by Crippen LogP contribution is 2.11. The fraction of sp³-hybridized carbons (Fsp3) is 0. The maximum atomic E-state index is 10.5. The van der Waals surface area contributed by atoms with Crippen molar-refractivity contribution in [1.29, 1.82) is 0 Å². The number of aromatic carboxylic acids is 1. The van der Waals surface area contributed by atoms with Crippen molar-refractivity contribution in [1.82, 2.24) is 14.4 Å². The maximum absolute atomic E-state index is 10.5. The van der Waals surface area contributed by atoms with Crippen LogP contribution >= 0.6 is 11.6 Å². The van der Waals surface area contributed by atoms with E-state index in [0.29, 0.717) is 10.8 Å². The molecular weight excluding hydrogens is 194 g/mol. The van der Waals surface area contributed by atoms with E-state index in [1.807, 2.05) is 0 Å². The molecule has 0 aliphatic rings. The van der Waals surface area contributed by atoms with Crippen molar-refractivity contribution in [2.24, 2.45) is 0 Å². The molecule has 0 bridgehead atoms. The zero-order valence-corrected chi connectivity index (χ0v) is 7.06. The Morgan fingerprint density at radius 2 is 2.23 bits per heavy atom. The number of carboxylic acids is 1. The first-order chi connectivity index (χ1) is 6.18. The van der Waals surface area contributed by atoms with Crippen LogP contribution in [0.4, 0.5) is 0 Å². The molecule has 13 heavy (non-hydrogen) atoms. The van der Waals surface area contributed by atoms with Crippen LogP contribution in [0.5, 0.6) is 0 Å². The molecule has 2 aromatic heterocycles. The van der Waals surface area contributed by atoms with Gasteiger partial charge in [-0.2, -0.15) is 0 Å². The standard InChI is InChI=1S/C7H4ClN3O2/c8-5-1-10-6-2-9-4(7(12)13)3-11(5)6/h1-3H,(H,12,13). The second-order valence-corrected chi connectivity index (χ2v) is 2.77. The molecule has 0 aliphatic heterocycles. The molecule has 1 N–H and O–H groups in total. The van der Waals surface area contributed by atoms with E-state index in [0.717, 1.165) is 0 Å². The summed E-state index contributed by atoms with van der Waals surface area (Å²) in [6, 6.07) is 0. The fourth-order valence-electron chi connectivity index (χ4n) is 0.970. The first-order valence-corrected chi connectivity index (χ1v) is 3.78. The van der Waals surface area contributed by atoms with Crippen LogP contribution in [0.15, 0.2) is 18.6 Å². The van der Waals surface area contributed by atoms with E-state index in [-0.39, 0.29) is 5.69 Å². The Bertz CT molecular complexity index is 480. The lowest BCUT2D eigenvalue weighted by molar-refractivity contribution is 0.0690. The lowest BCUT2D eigenvalue weighted by atomic mass is 10.4. The summed E-state index contributed by atoms with van der Waals surface area (Å²) in [7, 11) is 0. The van der Waals surface area contributed by atoms with E-state index in [2.05, 4.69) is 9.97 Å². The lowest BCUT2D eigenvalue weighted by Gasteiger charge is -1.95. The number of rotatable bonds is 1. The number of carbonyl (C=O) groups is 1. The summed E-state index contributed by atoms with van der Waals surface area (Å²) in [5.41, 5.74) is 0.461. The van der Waals surface area contributed by atoms with Crippen molar-refractivity contribution in [3.05, 3.63) is 29.4 Å². The van der Waals surface area contributed by atoms with Crippen LogP contribution in [0.25, 0.3) is 5.65 Å². The highest BCUT2D eigenvalue weighted by molar-refractivity contribution is 6.29. The van der Waals surface area contributed by atoms with Gasteiger partial charge in [-0.3, -0.25) is 4.40 Å². The van der Waals surface area contributed by atoms with E-state index in [4.69, 9.17) is 16.7 Å². The Morgan fingerprint density at radius 3 is 2.92 bits per heavy atom. The minimum absolute atomic E-state index is 0.0626. The van der Waals surface area contributed by atoms with Crippen LogP contribution in [-0.4, -0.2) is 25.4 Å². The molecular formula is C7H4ClN3O2. The molecule has 0 atom stereocenters. The molecule has 2 aromatic rings. The minimum Gasteiger partial charge on any atom is -0.476 e. The minimum atomic E-state index is -1.09. The molecule has 0 saturated carbocycles. The summed E-state index contributed by atoms with van der Waals surface area (Å²) in [5, 5.41) is 8.99. The summed E-state index contributed by atoms with van der Waals surface area (Å²) in [6.07, 6.45) is 4.12. The largest absolute Gasteiger partial charge is 0.476 e. The van der Waals surface area contributed by atoms with Crippen molar-refractivity contribution >= 4 is 23.2 Å². The summed E-state index contributed by atoms with van der Waals surface area (Å²) in [6.45, 7) is 0. The summed E-state index contributed by atoms with van der Waals surface area (Å²) >= 11 is 5.73. The highest BCUT2D eigenvalue weighted by Gasteiger charge is 2.07. The maximum Gasteiger partial charge on any atom is 0.356 e. The van der Waals surface area contributed by atoms with Crippen molar-refractivity contribution < 1.29 is 9.90 Å². The topological polar surface area (TPSA) is 67.5 Å². The van der Waals surface area contributed by atoms with E-state index >= 15 is 0 Å². The Balaban J connectivity index is 2.72. The third-order valence-corrected chi connectivity index (χ3v) is 1.85. The highest BCUT2D eigenvalue weighted by atomic mass is 35.5. The molecule has 66 valence electrons. The molecule has 6 heteroatoms. The number of nitrogens with zero attached hydrogens (tertiary/aromatic N) is 3. The van der Waals surface area contributed by atoms with Gasteiger partial charge in [0.2, 0.25) is 0 Å². The van der Waals surface area contributed by atoms with Gasteiger partial charge in [-0.15, -0.1) is 0 Å². The van der Waals surface area contributed by atoms with Gasteiger partial charge in [0, 0.05) is 6.20 Å². The number of hydrogen-bond acceptors (Lipinski definition) is 3. The van der Waals surface area contributed by atoms with Crippen LogP contribution in [0.3, 0.4) is 0 Å². The van der Waals surface area contributed by atoms with E-state index < -0.39 is 5.97 Å². The van der Waals surface area contributed by atoms with Gasteiger partial charge in [-0.1, -0.05) is 11.6 Å². The van der Waals surface area contributed by atoms with Gasteiger partial charge in [-0.05, 0) is 0 Å². The quantitative estimate of drug-likeness (QED) is 0.743. The number of fused-ring (bicyclic) bond motifs is 1. The molecule has 0 radical (unpaired) electrons. The third kappa shape index (κ3) is 1.23. The van der Waals surface area contributed by atoms with Crippen molar-refractivity contribution in [2.75, 3.05) is 0 Å². The molecule has 0 aliphatic carbocycles. The molecule has 0 fully saturated rings. The molecule has 0 saturated heterocycles. The monoisotopic (exact) mass is 197 g/mol. The Morgan fingerprint density at radius 1 is 1.46 bits per heavy atom. The Labute approximate surface area is 77.6 Å². The van der Waals surface area contributed by atoms with Gasteiger partial charge in [0.15, 0.2) is 11.3 Å². The third-order valence-electron chi connectivity index (χ3n) is 1.57. The van der Waals surface area contributed by atoms with Crippen molar-refractivity contribution in [3.8, 4) is 0 Å². The van der Waals surface area contributed by atoms with Crippen LogP contribution in [0.2, 0.25) is 5.15 Å². The van der Waals surface area contributed by atoms with Gasteiger partial charge < -0.3 is 5.11 Å². The van der Waals surface area contributed by atoms with Crippen LogP contribution in [-0.2, 0) is 0 Å². The number of aromatic nitrogens is 3. The van der Waals surface area contributed by atoms with Crippen LogP contribution < -0.4 is 0 Å². The number of halogens is 1. The molecule has 5 nitrogen and oxygen atoms in total. The second kappa shape index (κ2) is 2.70. The molecule has 0 aromatic carbocycles. The zero-order valence-electron chi connectivity index (χ0n) is 6.31. The Hall–Kier alpha value is -1.62. The summed E-state index contributed by atoms with van der Waals surface area (Å²) < 4.78 is 1.46. The first kappa shape index (κ1) is 8.00. The fourth-order valence-corrected chi connectivity index (χ4v) is 1.15. The van der Waals surface area contributed by atoms with E-state index in [1.165, 1.54) is 23.0 Å². The summed E-state index contributed by atoms with van der Waals surface area (Å²) in [5.74, 6) is -1.09. The molecule has 0 unspecified atom stereocenters. The normalized spacial score (nSPS) is 10.5. The number of carboxylic acid groups (broad SMARTS) is 1. The second-order valence-electron chi connectivity index (χ2n) is 2.39. The molecule has 0 spiro atoms. The summed E-state index contributed by atoms with van der Waals surface area (Å²) in [4.78, 5) is 18.1. The molecule has 0 amide bonds. The van der Waals surface area contributed by atoms with Gasteiger partial charge in [-0.25, -0.2) is 14.8 Å². The number of imidazole rings is 1. The predicted octanol–water partition coefficient (Wildman–Crippen LogP) is 1.08. The number of hydrogen-bond donors (Lipinski definition) is 1. The Kier molecular flexibility index (Phi) is 1.66. The van der Waals surface area contributed by atoms with Crippen LogP contribution in [0, 0.1) is 0 Å². The predicted molar refractivity (Wildman–Crippen MR) is 45.0 cm³/mol. The van der Waals surface area contributed by atoms with Crippen molar-refractivity contribution in [2.45, 2.75) is 0 Å². The smallest absolute Gasteiger partial charge is 0.356 e. The van der Waals surface area contributed by atoms with Gasteiger partial charge >= 0.3 is 5.97 Å². The average Bonchev–Trinajstić information content (AvgIpc) is 2.47. The van der Waals surface area contributed by atoms with Gasteiger partial charge in [0.05, 0.1) is 12.4 Å². The molecule has 2 rings (SSSR count). The van der Waals surface area contributed by atoms with E-state index in [9.17, 15) is 4.79 Å².